The summed E-state index contributed by atoms with van der Waals surface area (Å²) in [6.45, 7) is 0.874. The van der Waals surface area contributed by atoms with Crippen LogP contribution in [0.15, 0.2) is 53.4 Å². The van der Waals surface area contributed by atoms with Crippen LogP contribution in [0, 0.1) is 0 Å². The highest BCUT2D eigenvalue weighted by Crippen LogP contribution is 2.28. The van der Waals surface area contributed by atoms with Crippen LogP contribution in [0.2, 0.25) is 0 Å². The maximum Gasteiger partial charge on any atom is 0.241 e. The van der Waals surface area contributed by atoms with E-state index in [1.54, 1.807) is 30.3 Å². The second-order valence-corrected chi connectivity index (χ2v) is 7.97. The molecule has 6 heteroatoms. The Morgan fingerprint density at radius 2 is 1.83 bits per heavy atom. The molecule has 0 saturated carbocycles. The van der Waals surface area contributed by atoms with Gasteiger partial charge in [0.25, 0.3) is 0 Å². The molecule has 0 spiro atoms. The number of anilines is 1. The molecule has 1 aliphatic rings. The van der Waals surface area contributed by atoms with Gasteiger partial charge in [-0.1, -0.05) is 30.3 Å². The van der Waals surface area contributed by atoms with Crippen LogP contribution in [0.5, 0.6) is 0 Å². The van der Waals surface area contributed by atoms with Crippen molar-refractivity contribution in [3.8, 4) is 11.1 Å². The van der Waals surface area contributed by atoms with E-state index >= 15 is 0 Å². The third-order valence-electron chi connectivity index (χ3n) is 4.13. The highest BCUT2D eigenvalue weighted by molar-refractivity contribution is 7.90. The Labute approximate surface area is 142 Å². The highest BCUT2D eigenvalue weighted by atomic mass is 32.2. The lowest BCUT2D eigenvalue weighted by Gasteiger charge is -2.12. The number of hydrogen-bond donors (Lipinski definition) is 2. The third kappa shape index (κ3) is 3.66. The molecule has 2 aromatic carbocycles. The third-order valence-corrected chi connectivity index (χ3v) is 5.28. The summed E-state index contributed by atoms with van der Waals surface area (Å²) in [5, 5.41) is 6.05. The zero-order valence-corrected chi connectivity index (χ0v) is 14.3. The molecule has 1 amide bonds. The molecular formula is C18H20N2O3S. The van der Waals surface area contributed by atoms with Crippen LogP contribution in [0.1, 0.15) is 12.8 Å². The maximum absolute atomic E-state index is 12.1. The van der Waals surface area contributed by atoms with Gasteiger partial charge in [0, 0.05) is 17.5 Å². The van der Waals surface area contributed by atoms with Crippen LogP contribution in [0.3, 0.4) is 0 Å². The van der Waals surface area contributed by atoms with E-state index in [4.69, 9.17) is 0 Å². The lowest BCUT2D eigenvalue weighted by molar-refractivity contribution is -0.117. The Bertz CT molecular complexity index is 839. The SMILES string of the molecule is CS(=O)(=O)c1ccccc1-c1ccc(NC(=O)C2CCCN2)cc1. The van der Waals surface area contributed by atoms with Crippen LogP contribution >= 0.6 is 0 Å². The van der Waals surface area contributed by atoms with E-state index < -0.39 is 9.84 Å². The molecule has 2 aromatic rings. The molecule has 1 unspecified atom stereocenters. The smallest absolute Gasteiger partial charge is 0.241 e. The molecule has 0 aliphatic carbocycles. The Morgan fingerprint density at radius 1 is 1.12 bits per heavy atom. The largest absolute Gasteiger partial charge is 0.325 e. The molecule has 2 N–H and O–H groups in total. The van der Waals surface area contributed by atoms with Gasteiger partial charge < -0.3 is 10.6 Å². The average Bonchev–Trinajstić information content (AvgIpc) is 3.09. The number of rotatable bonds is 4. The minimum Gasteiger partial charge on any atom is -0.325 e. The Kier molecular flexibility index (Phi) is 4.69. The lowest BCUT2D eigenvalue weighted by Crippen LogP contribution is -2.35. The zero-order valence-electron chi connectivity index (χ0n) is 13.5. The minimum absolute atomic E-state index is 0.0308. The molecule has 1 heterocycles. The quantitative estimate of drug-likeness (QED) is 0.893. The molecule has 1 saturated heterocycles. The normalized spacial score (nSPS) is 17.6. The number of amides is 1. The van der Waals surface area contributed by atoms with E-state index in [-0.39, 0.29) is 11.9 Å². The molecule has 24 heavy (non-hydrogen) atoms. The lowest BCUT2D eigenvalue weighted by atomic mass is 10.1. The first-order chi connectivity index (χ1) is 11.4. The van der Waals surface area contributed by atoms with Crippen LogP contribution in [0.25, 0.3) is 11.1 Å². The highest BCUT2D eigenvalue weighted by Gasteiger charge is 2.21. The topological polar surface area (TPSA) is 75.3 Å². The van der Waals surface area contributed by atoms with Crippen molar-refractivity contribution in [2.24, 2.45) is 0 Å². The maximum atomic E-state index is 12.1. The Balaban J connectivity index is 1.81. The van der Waals surface area contributed by atoms with Crippen molar-refractivity contribution in [3.05, 3.63) is 48.5 Å². The molecule has 5 nitrogen and oxygen atoms in total. The molecule has 126 valence electrons. The van der Waals surface area contributed by atoms with Crippen molar-refractivity contribution >= 4 is 21.4 Å². The van der Waals surface area contributed by atoms with Gasteiger partial charge in [0.2, 0.25) is 5.91 Å². The van der Waals surface area contributed by atoms with Crippen LogP contribution in [0.4, 0.5) is 5.69 Å². The first-order valence-electron chi connectivity index (χ1n) is 7.89. The molecule has 1 atom stereocenters. The summed E-state index contributed by atoms with van der Waals surface area (Å²) < 4.78 is 23.8. The number of carbonyl (C=O) groups excluding carboxylic acids is 1. The number of carbonyl (C=O) groups is 1. The molecular weight excluding hydrogens is 324 g/mol. The van der Waals surface area contributed by atoms with Crippen molar-refractivity contribution in [2.75, 3.05) is 18.1 Å². The van der Waals surface area contributed by atoms with Gasteiger partial charge in [-0.3, -0.25) is 4.79 Å². The molecule has 0 radical (unpaired) electrons. The fourth-order valence-corrected chi connectivity index (χ4v) is 3.81. The predicted octanol–water partition coefficient (Wildman–Crippen LogP) is 2.45. The van der Waals surface area contributed by atoms with Crippen LogP contribution in [-0.2, 0) is 14.6 Å². The Hall–Kier alpha value is -2.18. The fraction of sp³-hybridized carbons (Fsp3) is 0.278. The van der Waals surface area contributed by atoms with Gasteiger partial charge in [0.15, 0.2) is 9.84 Å². The first-order valence-corrected chi connectivity index (χ1v) is 9.78. The number of sulfone groups is 1. The predicted molar refractivity (Wildman–Crippen MR) is 94.6 cm³/mol. The average molecular weight is 344 g/mol. The second-order valence-electron chi connectivity index (χ2n) is 5.98. The number of hydrogen-bond acceptors (Lipinski definition) is 4. The van der Waals surface area contributed by atoms with Crippen molar-refractivity contribution in [1.82, 2.24) is 5.32 Å². The van der Waals surface area contributed by atoms with Gasteiger partial charge in [-0.05, 0) is 43.1 Å². The monoisotopic (exact) mass is 344 g/mol. The van der Waals surface area contributed by atoms with E-state index in [0.717, 1.165) is 24.9 Å². The van der Waals surface area contributed by atoms with E-state index in [0.29, 0.717) is 16.1 Å². The second kappa shape index (κ2) is 6.75. The first kappa shape index (κ1) is 16.7. The van der Waals surface area contributed by atoms with E-state index in [9.17, 15) is 13.2 Å². The zero-order chi connectivity index (χ0) is 17.2. The molecule has 3 rings (SSSR count). The Morgan fingerprint density at radius 3 is 2.46 bits per heavy atom. The molecule has 0 aromatic heterocycles. The van der Waals surface area contributed by atoms with Crippen molar-refractivity contribution in [2.45, 2.75) is 23.8 Å². The molecule has 0 bridgehead atoms. The van der Waals surface area contributed by atoms with E-state index in [1.165, 1.54) is 6.26 Å². The standard InChI is InChI=1S/C18H20N2O3S/c1-24(22,23)17-7-3-2-5-15(17)13-8-10-14(11-9-13)20-18(21)16-6-4-12-19-16/h2-3,5,7-11,16,19H,4,6,12H2,1H3,(H,20,21). The summed E-state index contributed by atoms with van der Waals surface area (Å²) in [7, 11) is -3.30. The summed E-state index contributed by atoms with van der Waals surface area (Å²) in [5.41, 5.74) is 2.16. The van der Waals surface area contributed by atoms with E-state index in [1.807, 2.05) is 18.2 Å². The van der Waals surface area contributed by atoms with Crippen molar-refractivity contribution in [3.63, 3.8) is 0 Å². The fourth-order valence-electron chi connectivity index (χ4n) is 2.90. The van der Waals surface area contributed by atoms with Crippen molar-refractivity contribution in [1.29, 1.82) is 0 Å². The summed E-state index contributed by atoms with van der Waals surface area (Å²) in [6.07, 6.45) is 3.07. The van der Waals surface area contributed by atoms with Crippen LogP contribution in [-0.4, -0.2) is 33.2 Å². The van der Waals surface area contributed by atoms with Gasteiger partial charge in [0.05, 0.1) is 10.9 Å². The summed E-state index contributed by atoms with van der Waals surface area (Å²) in [6, 6.07) is 14.0. The number of benzene rings is 2. The van der Waals surface area contributed by atoms with Gasteiger partial charge >= 0.3 is 0 Å². The van der Waals surface area contributed by atoms with Gasteiger partial charge in [-0.25, -0.2) is 8.42 Å². The summed E-state index contributed by atoms with van der Waals surface area (Å²) in [5.74, 6) is -0.0308. The summed E-state index contributed by atoms with van der Waals surface area (Å²) in [4.78, 5) is 12.4. The molecule has 1 fully saturated rings. The minimum atomic E-state index is -3.30. The van der Waals surface area contributed by atoms with Crippen LogP contribution < -0.4 is 10.6 Å². The number of nitrogens with one attached hydrogen (secondary N) is 2. The van der Waals surface area contributed by atoms with Gasteiger partial charge in [-0.2, -0.15) is 0 Å². The summed E-state index contributed by atoms with van der Waals surface area (Å²) >= 11 is 0. The molecule has 1 aliphatic heterocycles. The van der Waals surface area contributed by atoms with E-state index in [2.05, 4.69) is 10.6 Å². The van der Waals surface area contributed by atoms with Gasteiger partial charge in [0.1, 0.15) is 0 Å². The van der Waals surface area contributed by atoms with Gasteiger partial charge in [-0.15, -0.1) is 0 Å². The van der Waals surface area contributed by atoms with Crippen molar-refractivity contribution < 1.29 is 13.2 Å².